The molecular formula is C24H34N4O2. The van der Waals surface area contributed by atoms with Crippen LogP contribution in [0.25, 0.3) is 0 Å². The molecule has 162 valence electrons. The smallest absolute Gasteiger partial charge is 0.191 e. The van der Waals surface area contributed by atoms with Gasteiger partial charge < -0.3 is 25.0 Å². The standard InChI is InChI=1S/C24H34N4O2/c1-4-25-24(26-17-20(3)30-23-8-6-5-7-19(23)2)27-18-21-9-11-22(12-10-21)28-13-15-29-16-14-28/h5-12,20H,4,13-18H2,1-3H3,(H2,25,26,27). The Hall–Kier alpha value is -2.73. The maximum Gasteiger partial charge on any atom is 0.191 e. The molecule has 0 radical (unpaired) electrons. The third-order valence-corrected chi connectivity index (χ3v) is 5.06. The number of aryl methyl sites for hydroxylation is 1. The molecule has 6 heteroatoms. The quantitative estimate of drug-likeness (QED) is 0.516. The van der Waals surface area contributed by atoms with Crippen LogP contribution in [-0.4, -0.2) is 51.5 Å². The number of rotatable bonds is 8. The van der Waals surface area contributed by atoms with Crippen LogP contribution >= 0.6 is 0 Å². The SMILES string of the molecule is CCNC(=NCc1ccc(N2CCOCC2)cc1)NCC(C)Oc1ccccc1C. The number of nitrogens with one attached hydrogen (secondary N) is 2. The molecule has 1 fully saturated rings. The highest BCUT2D eigenvalue weighted by molar-refractivity contribution is 5.79. The van der Waals surface area contributed by atoms with Crippen LogP contribution in [0.2, 0.25) is 0 Å². The highest BCUT2D eigenvalue weighted by Gasteiger charge is 2.11. The van der Waals surface area contributed by atoms with E-state index in [4.69, 9.17) is 14.5 Å². The summed E-state index contributed by atoms with van der Waals surface area (Å²) in [4.78, 5) is 7.09. The van der Waals surface area contributed by atoms with Gasteiger partial charge in [0.15, 0.2) is 5.96 Å². The third kappa shape index (κ3) is 6.66. The predicted molar refractivity (Wildman–Crippen MR) is 124 cm³/mol. The number of ether oxygens (including phenoxy) is 2. The molecule has 0 aliphatic carbocycles. The zero-order valence-corrected chi connectivity index (χ0v) is 18.4. The summed E-state index contributed by atoms with van der Waals surface area (Å²) >= 11 is 0. The fourth-order valence-corrected chi connectivity index (χ4v) is 3.33. The second-order valence-electron chi connectivity index (χ2n) is 7.54. The molecule has 1 heterocycles. The second kappa shape index (κ2) is 11.5. The second-order valence-corrected chi connectivity index (χ2v) is 7.54. The highest BCUT2D eigenvalue weighted by atomic mass is 16.5. The number of hydrogen-bond acceptors (Lipinski definition) is 4. The molecule has 1 aliphatic heterocycles. The molecule has 6 nitrogen and oxygen atoms in total. The summed E-state index contributed by atoms with van der Waals surface area (Å²) in [5, 5.41) is 6.69. The lowest BCUT2D eigenvalue weighted by atomic mass is 10.2. The van der Waals surface area contributed by atoms with Crippen LogP contribution in [0.4, 0.5) is 5.69 Å². The first-order chi connectivity index (χ1) is 14.7. The average Bonchev–Trinajstić information content (AvgIpc) is 2.78. The van der Waals surface area contributed by atoms with Crippen molar-refractivity contribution in [2.24, 2.45) is 4.99 Å². The maximum atomic E-state index is 6.05. The van der Waals surface area contributed by atoms with E-state index in [1.165, 1.54) is 11.3 Å². The van der Waals surface area contributed by atoms with E-state index in [0.717, 1.165) is 50.1 Å². The fraction of sp³-hybridized carbons (Fsp3) is 0.458. The predicted octanol–water partition coefficient (Wildman–Crippen LogP) is 3.35. The Bertz CT molecular complexity index is 801. The van der Waals surface area contributed by atoms with E-state index in [1.54, 1.807) is 0 Å². The van der Waals surface area contributed by atoms with Crippen molar-refractivity contribution in [2.75, 3.05) is 44.3 Å². The van der Waals surface area contributed by atoms with E-state index in [2.05, 4.69) is 66.6 Å². The number of guanidine groups is 1. The van der Waals surface area contributed by atoms with Crippen molar-refractivity contribution >= 4 is 11.6 Å². The minimum absolute atomic E-state index is 0.0303. The van der Waals surface area contributed by atoms with Gasteiger partial charge >= 0.3 is 0 Å². The first-order valence-electron chi connectivity index (χ1n) is 10.8. The highest BCUT2D eigenvalue weighted by Crippen LogP contribution is 2.18. The van der Waals surface area contributed by atoms with Crippen LogP contribution in [0.5, 0.6) is 5.75 Å². The number of anilines is 1. The van der Waals surface area contributed by atoms with Gasteiger partial charge in [0.25, 0.3) is 0 Å². The number of nitrogens with zero attached hydrogens (tertiary/aromatic N) is 2. The van der Waals surface area contributed by atoms with Crippen molar-refractivity contribution in [1.82, 2.24) is 10.6 Å². The van der Waals surface area contributed by atoms with Gasteiger partial charge in [-0.15, -0.1) is 0 Å². The van der Waals surface area contributed by atoms with E-state index in [9.17, 15) is 0 Å². The first kappa shape index (κ1) is 22.0. The number of hydrogen-bond donors (Lipinski definition) is 2. The van der Waals surface area contributed by atoms with Gasteiger partial charge in [0, 0.05) is 25.3 Å². The van der Waals surface area contributed by atoms with Crippen molar-refractivity contribution in [3.05, 3.63) is 59.7 Å². The summed E-state index contributed by atoms with van der Waals surface area (Å²) in [6.07, 6.45) is 0.0303. The maximum absolute atomic E-state index is 6.05. The summed E-state index contributed by atoms with van der Waals surface area (Å²) in [7, 11) is 0. The Balaban J connectivity index is 1.51. The molecule has 1 unspecified atom stereocenters. The zero-order chi connectivity index (χ0) is 21.2. The fourth-order valence-electron chi connectivity index (χ4n) is 3.33. The molecule has 0 saturated carbocycles. The molecule has 0 bridgehead atoms. The van der Waals surface area contributed by atoms with Crippen LogP contribution in [0, 0.1) is 6.92 Å². The molecule has 2 aromatic carbocycles. The molecule has 2 N–H and O–H groups in total. The number of morpholine rings is 1. The number of benzene rings is 2. The number of para-hydroxylation sites is 1. The van der Waals surface area contributed by atoms with E-state index < -0.39 is 0 Å². The van der Waals surface area contributed by atoms with Crippen molar-refractivity contribution in [1.29, 1.82) is 0 Å². The largest absolute Gasteiger partial charge is 0.489 e. The Morgan fingerprint density at radius 2 is 1.83 bits per heavy atom. The van der Waals surface area contributed by atoms with Crippen molar-refractivity contribution in [2.45, 2.75) is 33.4 Å². The van der Waals surface area contributed by atoms with Gasteiger partial charge in [0.05, 0.1) is 26.3 Å². The van der Waals surface area contributed by atoms with E-state index in [-0.39, 0.29) is 6.10 Å². The molecule has 2 aromatic rings. The molecule has 0 aromatic heterocycles. The molecule has 0 amide bonds. The monoisotopic (exact) mass is 410 g/mol. The molecule has 1 atom stereocenters. The normalized spacial score (nSPS) is 15.6. The van der Waals surface area contributed by atoms with Crippen LogP contribution in [0.3, 0.4) is 0 Å². The van der Waals surface area contributed by atoms with Gasteiger partial charge in [-0.25, -0.2) is 4.99 Å². The summed E-state index contributed by atoms with van der Waals surface area (Å²) in [6.45, 7) is 11.8. The molecule has 0 spiro atoms. The van der Waals surface area contributed by atoms with Crippen LogP contribution in [0.1, 0.15) is 25.0 Å². The topological polar surface area (TPSA) is 58.1 Å². The van der Waals surface area contributed by atoms with Crippen LogP contribution in [0.15, 0.2) is 53.5 Å². The minimum atomic E-state index is 0.0303. The minimum Gasteiger partial charge on any atom is -0.489 e. The van der Waals surface area contributed by atoms with E-state index in [1.807, 2.05) is 18.2 Å². The molecule has 1 saturated heterocycles. The average molecular weight is 411 g/mol. The van der Waals surface area contributed by atoms with Crippen LogP contribution in [-0.2, 0) is 11.3 Å². The van der Waals surface area contributed by atoms with E-state index >= 15 is 0 Å². The zero-order valence-electron chi connectivity index (χ0n) is 18.4. The Kier molecular flexibility index (Phi) is 8.39. The summed E-state index contributed by atoms with van der Waals surface area (Å²) < 4.78 is 11.5. The Labute approximate surface area is 180 Å². The van der Waals surface area contributed by atoms with Gasteiger partial charge in [-0.05, 0) is 50.1 Å². The van der Waals surface area contributed by atoms with E-state index in [0.29, 0.717) is 13.1 Å². The van der Waals surface area contributed by atoms with Gasteiger partial charge in [-0.3, -0.25) is 0 Å². The third-order valence-electron chi connectivity index (χ3n) is 5.06. The molecule has 3 rings (SSSR count). The van der Waals surface area contributed by atoms with Gasteiger partial charge in [0.2, 0.25) is 0 Å². The lowest BCUT2D eigenvalue weighted by molar-refractivity contribution is 0.122. The van der Waals surface area contributed by atoms with Crippen molar-refractivity contribution in [3.8, 4) is 5.75 Å². The van der Waals surface area contributed by atoms with Crippen LogP contribution < -0.4 is 20.3 Å². The van der Waals surface area contributed by atoms with Crippen molar-refractivity contribution < 1.29 is 9.47 Å². The van der Waals surface area contributed by atoms with Gasteiger partial charge in [0.1, 0.15) is 11.9 Å². The Morgan fingerprint density at radius 3 is 2.53 bits per heavy atom. The summed E-state index contributed by atoms with van der Waals surface area (Å²) in [5.74, 6) is 1.73. The summed E-state index contributed by atoms with van der Waals surface area (Å²) in [5.41, 5.74) is 3.58. The first-order valence-corrected chi connectivity index (χ1v) is 10.8. The molecule has 30 heavy (non-hydrogen) atoms. The lowest BCUT2D eigenvalue weighted by Gasteiger charge is -2.28. The van der Waals surface area contributed by atoms with Gasteiger partial charge in [-0.2, -0.15) is 0 Å². The number of aliphatic imine (C=N–C) groups is 1. The molecule has 1 aliphatic rings. The molecular weight excluding hydrogens is 376 g/mol. The lowest BCUT2D eigenvalue weighted by Crippen LogP contribution is -2.41. The Morgan fingerprint density at radius 1 is 1.10 bits per heavy atom. The van der Waals surface area contributed by atoms with Gasteiger partial charge in [-0.1, -0.05) is 30.3 Å². The van der Waals surface area contributed by atoms with Crippen molar-refractivity contribution in [3.63, 3.8) is 0 Å². The summed E-state index contributed by atoms with van der Waals surface area (Å²) in [6, 6.07) is 16.7.